The molecular formula is C20H44Si. The molecule has 1 heteroatoms. The van der Waals surface area contributed by atoms with E-state index in [2.05, 4.69) is 6.92 Å². The van der Waals surface area contributed by atoms with Crippen LogP contribution < -0.4 is 0 Å². The van der Waals surface area contributed by atoms with Gasteiger partial charge in [0.1, 0.15) is 0 Å². The zero-order valence-corrected chi connectivity index (χ0v) is 17.4. The van der Waals surface area contributed by atoms with E-state index in [0.717, 1.165) is 0 Å². The minimum Gasteiger partial charge on any atom is -0.0658 e. The molecule has 0 heterocycles. The second kappa shape index (κ2) is 20.2. The van der Waals surface area contributed by atoms with Gasteiger partial charge < -0.3 is 0 Å². The molecule has 0 aromatic rings. The van der Waals surface area contributed by atoms with Gasteiger partial charge in [-0.1, -0.05) is 129 Å². The maximum absolute atomic E-state index is 2.30. The van der Waals surface area contributed by atoms with Crippen LogP contribution >= 0.6 is 0 Å². The van der Waals surface area contributed by atoms with Gasteiger partial charge in [0.15, 0.2) is 0 Å². The van der Waals surface area contributed by atoms with Gasteiger partial charge >= 0.3 is 0 Å². The van der Waals surface area contributed by atoms with E-state index in [9.17, 15) is 0 Å². The SMILES string of the molecule is CCCCCCCCCCCCCCCCCCCC[SiH3]. The molecule has 0 saturated heterocycles. The Kier molecular flexibility index (Phi) is 20.4. The van der Waals surface area contributed by atoms with Crippen LogP contribution in [0.5, 0.6) is 0 Å². The van der Waals surface area contributed by atoms with E-state index in [1.54, 1.807) is 0 Å². The fraction of sp³-hybridized carbons (Fsp3) is 1.00. The fourth-order valence-electron chi connectivity index (χ4n) is 3.15. The molecular weight excluding hydrogens is 268 g/mol. The van der Waals surface area contributed by atoms with Gasteiger partial charge in [0.2, 0.25) is 0 Å². The van der Waals surface area contributed by atoms with Crippen LogP contribution in [0.4, 0.5) is 0 Å². The molecule has 128 valence electrons. The van der Waals surface area contributed by atoms with Crippen molar-refractivity contribution in [2.75, 3.05) is 0 Å². The molecule has 0 aliphatic heterocycles. The lowest BCUT2D eigenvalue weighted by Crippen LogP contribution is -1.84. The van der Waals surface area contributed by atoms with E-state index in [1.807, 2.05) is 0 Å². The molecule has 0 aromatic carbocycles. The maximum atomic E-state index is 2.30. The highest BCUT2D eigenvalue weighted by Crippen LogP contribution is 2.14. The van der Waals surface area contributed by atoms with Crippen LogP contribution in [0.15, 0.2) is 0 Å². The van der Waals surface area contributed by atoms with E-state index in [1.165, 1.54) is 132 Å². The molecule has 0 nitrogen and oxygen atoms in total. The Morgan fingerprint density at radius 1 is 0.381 bits per heavy atom. The highest BCUT2D eigenvalue weighted by molar-refractivity contribution is 6.08. The van der Waals surface area contributed by atoms with Crippen molar-refractivity contribution >= 4 is 10.2 Å². The summed E-state index contributed by atoms with van der Waals surface area (Å²) in [6.07, 6.45) is 26.7. The van der Waals surface area contributed by atoms with Crippen molar-refractivity contribution in [3.8, 4) is 0 Å². The Morgan fingerprint density at radius 3 is 0.857 bits per heavy atom. The molecule has 0 amide bonds. The molecule has 0 aromatic heterocycles. The lowest BCUT2D eigenvalue weighted by molar-refractivity contribution is 0.526. The molecule has 0 fully saturated rings. The van der Waals surface area contributed by atoms with Crippen LogP contribution in [0.1, 0.15) is 122 Å². The van der Waals surface area contributed by atoms with E-state index in [4.69, 9.17) is 0 Å². The molecule has 0 saturated carbocycles. The minimum absolute atomic E-state index is 1.38. The van der Waals surface area contributed by atoms with Gasteiger partial charge in [0.25, 0.3) is 0 Å². The minimum atomic E-state index is 1.38. The molecule has 0 bridgehead atoms. The third-order valence-electron chi connectivity index (χ3n) is 4.71. The highest BCUT2D eigenvalue weighted by atomic mass is 28.1. The van der Waals surface area contributed by atoms with Crippen LogP contribution in [0, 0.1) is 0 Å². The predicted molar refractivity (Wildman–Crippen MR) is 104 cm³/mol. The van der Waals surface area contributed by atoms with Crippen LogP contribution in [0.2, 0.25) is 6.04 Å². The van der Waals surface area contributed by atoms with Crippen molar-refractivity contribution in [2.45, 2.75) is 129 Å². The zero-order valence-electron chi connectivity index (χ0n) is 15.4. The van der Waals surface area contributed by atoms with Crippen LogP contribution in [0.3, 0.4) is 0 Å². The Bertz CT molecular complexity index is 149. The predicted octanol–water partition coefficient (Wildman–Crippen LogP) is 6.81. The van der Waals surface area contributed by atoms with Gasteiger partial charge in [-0.2, -0.15) is 0 Å². The van der Waals surface area contributed by atoms with Crippen molar-refractivity contribution in [3.05, 3.63) is 0 Å². The van der Waals surface area contributed by atoms with Crippen molar-refractivity contribution in [1.29, 1.82) is 0 Å². The molecule has 0 aliphatic rings. The molecule has 21 heavy (non-hydrogen) atoms. The molecule has 0 radical (unpaired) electrons. The Morgan fingerprint density at radius 2 is 0.619 bits per heavy atom. The summed E-state index contributed by atoms with van der Waals surface area (Å²) >= 11 is 0. The monoisotopic (exact) mass is 312 g/mol. The fourth-order valence-corrected chi connectivity index (χ4v) is 3.65. The smallest absolute Gasteiger partial charge is 0.00279 e. The number of hydrogen-bond acceptors (Lipinski definition) is 0. The normalized spacial score (nSPS) is 11.3. The number of hydrogen-bond donors (Lipinski definition) is 0. The van der Waals surface area contributed by atoms with Crippen molar-refractivity contribution in [2.24, 2.45) is 0 Å². The second-order valence-corrected chi connectivity index (χ2v) is 8.01. The average Bonchev–Trinajstić information content (AvgIpc) is 2.50. The average molecular weight is 313 g/mol. The molecule has 0 aliphatic carbocycles. The lowest BCUT2D eigenvalue weighted by Gasteiger charge is -2.03. The van der Waals surface area contributed by atoms with Crippen LogP contribution in [-0.2, 0) is 0 Å². The van der Waals surface area contributed by atoms with Gasteiger partial charge in [-0.15, -0.1) is 0 Å². The Hall–Kier alpha value is 0.217. The summed E-state index contributed by atoms with van der Waals surface area (Å²) in [5.41, 5.74) is 0. The first kappa shape index (κ1) is 21.2. The summed E-state index contributed by atoms with van der Waals surface area (Å²) < 4.78 is 0. The maximum Gasteiger partial charge on any atom is 0.00279 e. The largest absolute Gasteiger partial charge is 0.0658 e. The third-order valence-corrected chi connectivity index (χ3v) is 5.41. The van der Waals surface area contributed by atoms with Crippen molar-refractivity contribution in [1.82, 2.24) is 0 Å². The first-order valence-electron chi connectivity index (χ1n) is 10.4. The van der Waals surface area contributed by atoms with E-state index in [0.29, 0.717) is 0 Å². The molecule has 0 spiro atoms. The Balaban J connectivity index is 2.90. The topological polar surface area (TPSA) is 0 Å². The van der Waals surface area contributed by atoms with Gasteiger partial charge in [0, 0.05) is 10.2 Å². The van der Waals surface area contributed by atoms with E-state index >= 15 is 0 Å². The summed E-state index contributed by atoms with van der Waals surface area (Å²) in [6.45, 7) is 2.30. The second-order valence-electron chi connectivity index (χ2n) is 7.01. The van der Waals surface area contributed by atoms with Gasteiger partial charge in [-0.3, -0.25) is 0 Å². The summed E-state index contributed by atoms with van der Waals surface area (Å²) in [6, 6.07) is 1.51. The number of unbranched alkanes of at least 4 members (excludes halogenated alkanes) is 17. The summed E-state index contributed by atoms with van der Waals surface area (Å²) in [5, 5.41) is 0. The Labute approximate surface area is 139 Å². The van der Waals surface area contributed by atoms with E-state index in [-0.39, 0.29) is 0 Å². The summed E-state index contributed by atoms with van der Waals surface area (Å²) in [4.78, 5) is 0. The van der Waals surface area contributed by atoms with Crippen LogP contribution in [-0.4, -0.2) is 10.2 Å². The first-order valence-corrected chi connectivity index (χ1v) is 11.8. The third kappa shape index (κ3) is 20.2. The zero-order chi connectivity index (χ0) is 15.4. The molecule has 0 rings (SSSR count). The quantitative estimate of drug-likeness (QED) is 0.192. The van der Waals surface area contributed by atoms with Gasteiger partial charge in [-0.25, -0.2) is 0 Å². The summed E-state index contributed by atoms with van der Waals surface area (Å²) in [5.74, 6) is 0. The van der Waals surface area contributed by atoms with Crippen molar-refractivity contribution < 1.29 is 0 Å². The highest BCUT2D eigenvalue weighted by Gasteiger charge is 1.94. The van der Waals surface area contributed by atoms with Crippen LogP contribution in [0.25, 0.3) is 0 Å². The molecule has 0 unspecified atom stereocenters. The molecule has 0 N–H and O–H groups in total. The van der Waals surface area contributed by atoms with Gasteiger partial charge in [0.05, 0.1) is 0 Å². The summed E-state index contributed by atoms with van der Waals surface area (Å²) in [7, 11) is 1.41. The lowest BCUT2D eigenvalue weighted by atomic mass is 10.0. The first-order chi connectivity index (χ1) is 10.4. The molecule has 0 atom stereocenters. The van der Waals surface area contributed by atoms with Gasteiger partial charge in [-0.05, 0) is 0 Å². The van der Waals surface area contributed by atoms with E-state index < -0.39 is 0 Å². The number of rotatable bonds is 18. The standard InChI is InChI=1S/C20H44Si/c1-2-3-4-5-6-7-8-9-10-11-12-13-14-15-16-17-18-19-20-21/h2-20H2,1,21H3. The van der Waals surface area contributed by atoms with Crippen molar-refractivity contribution in [3.63, 3.8) is 0 Å².